The molecule has 4 N–H and O–H groups in total. The molecule has 0 spiro atoms. The molecule has 2 rings (SSSR count). The topological polar surface area (TPSA) is 52.0 Å². The van der Waals surface area contributed by atoms with Crippen molar-refractivity contribution in [2.75, 3.05) is 11.5 Å². The van der Waals surface area contributed by atoms with Gasteiger partial charge in [-0.25, -0.2) is 0 Å². The van der Waals surface area contributed by atoms with Crippen molar-refractivity contribution in [3.05, 3.63) is 58.7 Å². The largest absolute Gasteiger partial charge is 0.398 e. The lowest BCUT2D eigenvalue weighted by atomic mass is 9.90. The number of rotatable bonds is 3. The predicted molar refractivity (Wildman–Crippen MR) is 83.3 cm³/mol. The number of nitrogens with two attached hydrogens (primary N) is 2. The molecule has 0 aliphatic rings. The summed E-state index contributed by atoms with van der Waals surface area (Å²) in [6, 6.07) is 12.7. The van der Waals surface area contributed by atoms with E-state index in [0.29, 0.717) is 0 Å². The fraction of sp³-hybridized carbons (Fsp3) is 0.294. The highest BCUT2D eigenvalue weighted by atomic mass is 14.6. The number of hydrogen-bond donors (Lipinski definition) is 2. The minimum Gasteiger partial charge on any atom is -0.398 e. The predicted octanol–water partition coefficient (Wildman–Crippen LogP) is 3.87. The lowest BCUT2D eigenvalue weighted by Crippen LogP contribution is -2.04. The van der Waals surface area contributed by atoms with Crippen molar-refractivity contribution in [1.82, 2.24) is 0 Å². The van der Waals surface area contributed by atoms with Gasteiger partial charge in [-0.05, 0) is 41.7 Å². The Hall–Kier alpha value is -1.96. The molecule has 0 radical (unpaired) electrons. The van der Waals surface area contributed by atoms with Crippen LogP contribution in [0.25, 0.3) is 0 Å². The number of benzene rings is 2. The summed E-state index contributed by atoms with van der Waals surface area (Å²) in [6.45, 7) is 6.37. The van der Waals surface area contributed by atoms with Gasteiger partial charge in [0.2, 0.25) is 0 Å². The highest BCUT2D eigenvalue weighted by Crippen LogP contribution is 2.31. The Balaban J connectivity index is 2.37. The van der Waals surface area contributed by atoms with Crippen LogP contribution in [0.5, 0.6) is 0 Å². The molecule has 0 fully saturated rings. The standard InChI is InChI=1S/C17H22N2/c1-4-13-5-7-14(8-6-13)12(3)15-9-11(2)16(18)10-17(15)19/h5-10,12H,4,18-19H2,1-3H3. The van der Waals surface area contributed by atoms with Crippen LogP contribution in [0.4, 0.5) is 11.4 Å². The zero-order chi connectivity index (χ0) is 14.0. The van der Waals surface area contributed by atoms with Crippen LogP contribution in [0.15, 0.2) is 36.4 Å². The second kappa shape index (κ2) is 5.35. The van der Waals surface area contributed by atoms with Crippen molar-refractivity contribution < 1.29 is 0 Å². The van der Waals surface area contributed by atoms with Crippen molar-refractivity contribution in [2.24, 2.45) is 0 Å². The molecule has 0 amide bonds. The van der Waals surface area contributed by atoms with Crippen LogP contribution in [0.2, 0.25) is 0 Å². The Kier molecular flexibility index (Phi) is 3.79. The third kappa shape index (κ3) is 2.73. The number of aryl methyl sites for hydroxylation is 2. The molecule has 0 saturated heterocycles. The molecule has 0 aromatic heterocycles. The van der Waals surface area contributed by atoms with E-state index >= 15 is 0 Å². The summed E-state index contributed by atoms with van der Waals surface area (Å²) in [5.74, 6) is 0.283. The molecule has 1 atom stereocenters. The van der Waals surface area contributed by atoms with Gasteiger partial charge in [-0.3, -0.25) is 0 Å². The summed E-state index contributed by atoms with van der Waals surface area (Å²) in [7, 11) is 0. The van der Waals surface area contributed by atoms with Gasteiger partial charge in [0.1, 0.15) is 0 Å². The molecule has 0 bridgehead atoms. The van der Waals surface area contributed by atoms with Gasteiger partial charge in [0, 0.05) is 17.3 Å². The van der Waals surface area contributed by atoms with Gasteiger partial charge in [-0.2, -0.15) is 0 Å². The highest BCUT2D eigenvalue weighted by Gasteiger charge is 2.13. The molecule has 1 unspecified atom stereocenters. The molecule has 19 heavy (non-hydrogen) atoms. The number of hydrogen-bond acceptors (Lipinski definition) is 2. The number of nitrogen functional groups attached to an aromatic ring is 2. The minimum absolute atomic E-state index is 0.283. The Morgan fingerprint density at radius 2 is 1.63 bits per heavy atom. The van der Waals surface area contributed by atoms with E-state index in [9.17, 15) is 0 Å². The van der Waals surface area contributed by atoms with Gasteiger partial charge < -0.3 is 11.5 Å². The van der Waals surface area contributed by atoms with Gasteiger partial charge in [-0.15, -0.1) is 0 Å². The maximum Gasteiger partial charge on any atom is 0.0373 e. The van der Waals surface area contributed by atoms with Crippen LogP contribution >= 0.6 is 0 Å². The van der Waals surface area contributed by atoms with Crippen molar-refractivity contribution in [1.29, 1.82) is 0 Å². The minimum atomic E-state index is 0.283. The van der Waals surface area contributed by atoms with Gasteiger partial charge in [-0.1, -0.05) is 44.2 Å². The smallest absolute Gasteiger partial charge is 0.0373 e. The van der Waals surface area contributed by atoms with Crippen molar-refractivity contribution >= 4 is 11.4 Å². The van der Waals surface area contributed by atoms with Crippen LogP contribution in [-0.4, -0.2) is 0 Å². The lowest BCUT2D eigenvalue weighted by Gasteiger charge is -2.17. The third-order valence-electron chi connectivity index (χ3n) is 3.83. The Morgan fingerprint density at radius 1 is 1.00 bits per heavy atom. The summed E-state index contributed by atoms with van der Waals surface area (Å²) in [5, 5.41) is 0. The molecular weight excluding hydrogens is 232 g/mol. The van der Waals surface area contributed by atoms with E-state index in [4.69, 9.17) is 11.5 Å². The third-order valence-corrected chi connectivity index (χ3v) is 3.83. The van der Waals surface area contributed by atoms with Gasteiger partial charge in [0.15, 0.2) is 0 Å². The summed E-state index contributed by atoms with van der Waals surface area (Å²) >= 11 is 0. The lowest BCUT2D eigenvalue weighted by molar-refractivity contribution is 0.921. The van der Waals surface area contributed by atoms with Crippen LogP contribution < -0.4 is 11.5 Å². The van der Waals surface area contributed by atoms with Crippen LogP contribution in [0.3, 0.4) is 0 Å². The fourth-order valence-corrected chi connectivity index (χ4v) is 2.36. The van der Waals surface area contributed by atoms with Crippen LogP contribution in [0.1, 0.15) is 42.0 Å². The van der Waals surface area contributed by atoms with E-state index in [0.717, 1.165) is 28.9 Å². The van der Waals surface area contributed by atoms with E-state index in [1.54, 1.807) is 0 Å². The van der Waals surface area contributed by atoms with Gasteiger partial charge >= 0.3 is 0 Å². The average molecular weight is 254 g/mol. The first-order valence-corrected chi connectivity index (χ1v) is 6.77. The van der Waals surface area contributed by atoms with Gasteiger partial charge in [0.05, 0.1) is 0 Å². The molecule has 0 aliphatic heterocycles. The summed E-state index contributed by atoms with van der Waals surface area (Å²) < 4.78 is 0. The molecule has 2 nitrogen and oxygen atoms in total. The molecule has 0 heterocycles. The molecule has 2 aromatic carbocycles. The molecule has 0 aliphatic carbocycles. The quantitative estimate of drug-likeness (QED) is 0.817. The second-order valence-electron chi connectivity index (χ2n) is 5.15. The second-order valence-corrected chi connectivity index (χ2v) is 5.15. The fourth-order valence-electron chi connectivity index (χ4n) is 2.36. The normalized spacial score (nSPS) is 12.4. The zero-order valence-electron chi connectivity index (χ0n) is 11.9. The Morgan fingerprint density at radius 3 is 2.21 bits per heavy atom. The SMILES string of the molecule is CCc1ccc(C(C)c2cc(C)c(N)cc2N)cc1. The molecule has 100 valence electrons. The first-order chi connectivity index (χ1) is 9.02. The van der Waals surface area contributed by atoms with E-state index in [2.05, 4.69) is 44.2 Å². The van der Waals surface area contributed by atoms with E-state index in [-0.39, 0.29) is 5.92 Å². The van der Waals surface area contributed by atoms with Crippen molar-refractivity contribution in [2.45, 2.75) is 33.1 Å². The molecule has 2 heteroatoms. The van der Waals surface area contributed by atoms with E-state index in [1.165, 1.54) is 11.1 Å². The van der Waals surface area contributed by atoms with Crippen LogP contribution in [0, 0.1) is 6.92 Å². The summed E-state index contributed by atoms with van der Waals surface area (Å²) in [6.07, 6.45) is 1.07. The maximum atomic E-state index is 6.10. The Labute approximate surface area is 115 Å². The van der Waals surface area contributed by atoms with Crippen molar-refractivity contribution in [3.63, 3.8) is 0 Å². The van der Waals surface area contributed by atoms with E-state index < -0.39 is 0 Å². The molecule has 2 aromatic rings. The maximum absolute atomic E-state index is 6.10. The average Bonchev–Trinajstić information content (AvgIpc) is 2.42. The first kappa shape index (κ1) is 13.5. The summed E-state index contributed by atoms with van der Waals surface area (Å²) in [4.78, 5) is 0. The van der Waals surface area contributed by atoms with Crippen LogP contribution in [-0.2, 0) is 6.42 Å². The van der Waals surface area contributed by atoms with E-state index in [1.807, 2.05) is 13.0 Å². The first-order valence-electron chi connectivity index (χ1n) is 6.77. The monoisotopic (exact) mass is 254 g/mol. The Bertz CT molecular complexity index is 571. The molecule has 0 saturated carbocycles. The number of anilines is 2. The summed E-state index contributed by atoms with van der Waals surface area (Å²) in [5.41, 5.74) is 18.4. The van der Waals surface area contributed by atoms with Gasteiger partial charge in [0.25, 0.3) is 0 Å². The zero-order valence-corrected chi connectivity index (χ0v) is 11.9. The molecular formula is C17H22N2. The highest BCUT2D eigenvalue weighted by molar-refractivity contribution is 5.63. The van der Waals surface area contributed by atoms with Crippen molar-refractivity contribution in [3.8, 4) is 0 Å².